The predicted molar refractivity (Wildman–Crippen MR) is 87.2 cm³/mol. The lowest BCUT2D eigenvalue weighted by molar-refractivity contribution is 0.185. The fraction of sp³-hybridized carbons (Fsp3) is 0.667. The van der Waals surface area contributed by atoms with Crippen molar-refractivity contribution in [1.82, 2.24) is 5.32 Å². The summed E-state index contributed by atoms with van der Waals surface area (Å²) in [4.78, 5) is 0. The molecule has 1 unspecified atom stereocenters. The largest absolute Gasteiger partial charge is 0.492 e. The molecule has 3 heteroatoms. The van der Waals surface area contributed by atoms with Gasteiger partial charge in [0.2, 0.25) is 0 Å². The molecule has 1 heterocycles. The van der Waals surface area contributed by atoms with E-state index in [4.69, 9.17) is 9.47 Å². The maximum absolute atomic E-state index is 5.88. The molecule has 0 aliphatic carbocycles. The third kappa shape index (κ3) is 5.01. The van der Waals surface area contributed by atoms with Crippen molar-refractivity contribution in [1.29, 1.82) is 0 Å². The number of benzene rings is 1. The van der Waals surface area contributed by atoms with Crippen LogP contribution in [0.2, 0.25) is 0 Å². The molecule has 118 valence electrons. The highest BCUT2D eigenvalue weighted by Gasteiger charge is 2.15. The first-order chi connectivity index (χ1) is 9.97. The van der Waals surface area contributed by atoms with E-state index in [2.05, 4.69) is 51.2 Å². The topological polar surface area (TPSA) is 30.5 Å². The Hall–Kier alpha value is -1.06. The minimum absolute atomic E-state index is 0.189. The summed E-state index contributed by atoms with van der Waals surface area (Å²) in [7, 11) is 0. The van der Waals surface area contributed by atoms with Gasteiger partial charge in [0.05, 0.1) is 6.61 Å². The average molecular weight is 291 g/mol. The zero-order chi connectivity index (χ0) is 15.3. The van der Waals surface area contributed by atoms with E-state index in [-0.39, 0.29) is 5.41 Å². The van der Waals surface area contributed by atoms with Crippen molar-refractivity contribution in [3.05, 3.63) is 29.3 Å². The summed E-state index contributed by atoms with van der Waals surface area (Å²) < 4.78 is 11.2. The fourth-order valence-electron chi connectivity index (χ4n) is 2.56. The molecule has 1 aromatic carbocycles. The Bertz CT molecular complexity index is 445. The van der Waals surface area contributed by atoms with Gasteiger partial charge in [0.25, 0.3) is 0 Å². The van der Waals surface area contributed by atoms with Crippen LogP contribution in [0, 0.1) is 12.8 Å². The van der Waals surface area contributed by atoms with Gasteiger partial charge in [-0.2, -0.15) is 0 Å². The lowest BCUT2D eigenvalue weighted by Gasteiger charge is -2.20. The Kier molecular flexibility index (Phi) is 5.65. The van der Waals surface area contributed by atoms with E-state index in [1.807, 2.05) is 0 Å². The number of nitrogens with one attached hydrogen (secondary N) is 1. The van der Waals surface area contributed by atoms with Gasteiger partial charge in [-0.3, -0.25) is 0 Å². The Morgan fingerprint density at radius 3 is 2.76 bits per heavy atom. The van der Waals surface area contributed by atoms with Crippen LogP contribution in [0.5, 0.6) is 5.75 Å². The number of rotatable bonds is 6. The Labute approximate surface area is 129 Å². The number of ether oxygens (including phenoxy) is 2. The molecule has 0 aromatic heterocycles. The molecular formula is C18H29NO2. The first-order valence-electron chi connectivity index (χ1n) is 7.99. The molecule has 0 amide bonds. The van der Waals surface area contributed by atoms with Gasteiger partial charge < -0.3 is 14.8 Å². The standard InChI is InChI=1S/C18H29NO2/c1-14-11-16(18(2,3)4)5-6-17(14)21-10-8-19-12-15-7-9-20-13-15/h5-6,11,15,19H,7-10,12-13H2,1-4H3. The summed E-state index contributed by atoms with van der Waals surface area (Å²) in [6, 6.07) is 6.50. The zero-order valence-electron chi connectivity index (χ0n) is 13.9. The van der Waals surface area contributed by atoms with Crippen LogP contribution in [0.1, 0.15) is 38.3 Å². The number of hydrogen-bond donors (Lipinski definition) is 1. The van der Waals surface area contributed by atoms with Gasteiger partial charge in [-0.15, -0.1) is 0 Å². The number of hydrogen-bond acceptors (Lipinski definition) is 3. The van der Waals surface area contributed by atoms with Crippen molar-refractivity contribution >= 4 is 0 Å². The molecule has 0 spiro atoms. The third-order valence-corrected chi connectivity index (χ3v) is 4.03. The van der Waals surface area contributed by atoms with E-state index in [0.717, 1.165) is 32.1 Å². The van der Waals surface area contributed by atoms with Gasteiger partial charge in [0, 0.05) is 19.7 Å². The first-order valence-corrected chi connectivity index (χ1v) is 7.99. The quantitative estimate of drug-likeness (QED) is 0.816. The zero-order valence-corrected chi connectivity index (χ0v) is 13.9. The minimum atomic E-state index is 0.189. The van der Waals surface area contributed by atoms with Gasteiger partial charge in [-0.05, 0) is 41.9 Å². The fourth-order valence-corrected chi connectivity index (χ4v) is 2.56. The van der Waals surface area contributed by atoms with Crippen LogP contribution in [0.4, 0.5) is 0 Å². The molecule has 3 nitrogen and oxygen atoms in total. The van der Waals surface area contributed by atoms with E-state index < -0.39 is 0 Å². The lowest BCUT2D eigenvalue weighted by atomic mass is 9.86. The van der Waals surface area contributed by atoms with E-state index in [1.54, 1.807) is 0 Å². The van der Waals surface area contributed by atoms with Gasteiger partial charge in [-0.1, -0.05) is 32.9 Å². The van der Waals surface area contributed by atoms with Gasteiger partial charge in [-0.25, -0.2) is 0 Å². The third-order valence-electron chi connectivity index (χ3n) is 4.03. The smallest absolute Gasteiger partial charge is 0.122 e. The number of aryl methyl sites for hydroxylation is 1. The predicted octanol–water partition coefficient (Wildman–Crippen LogP) is 3.30. The lowest BCUT2D eigenvalue weighted by Crippen LogP contribution is -2.27. The average Bonchev–Trinajstić information content (AvgIpc) is 2.92. The molecule has 1 N–H and O–H groups in total. The molecule has 2 rings (SSSR count). The summed E-state index contributed by atoms with van der Waals surface area (Å²) in [5.74, 6) is 1.67. The van der Waals surface area contributed by atoms with Crippen LogP contribution >= 0.6 is 0 Å². The summed E-state index contributed by atoms with van der Waals surface area (Å²) in [5, 5.41) is 3.45. The van der Waals surface area contributed by atoms with Crippen molar-refractivity contribution in [3.63, 3.8) is 0 Å². The van der Waals surface area contributed by atoms with Crippen LogP contribution in [-0.4, -0.2) is 32.9 Å². The van der Waals surface area contributed by atoms with Crippen LogP contribution in [-0.2, 0) is 10.2 Å². The second-order valence-electron chi connectivity index (χ2n) is 7.01. The molecule has 1 aliphatic heterocycles. The Morgan fingerprint density at radius 2 is 2.14 bits per heavy atom. The van der Waals surface area contributed by atoms with E-state index in [9.17, 15) is 0 Å². The summed E-state index contributed by atoms with van der Waals surface area (Å²) >= 11 is 0. The normalized spacial score (nSPS) is 19.0. The van der Waals surface area contributed by atoms with E-state index in [0.29, 0.717) is 12.5 Å². The highest BCUT2D eigenvalue weighted by atomic mass is 16.5. The maximum Gasteiger partial charge on any atom is 0.122 e. The molecule has 1 aliphatic rings. The monoisotopic (exact) mass is 291 g/mol. The molecule has 0 radical (unpaired) electrons. The molecule has 1 aromatic rings. The summed E-state index contributed by atoms with van der Waals surface area (Å²) in [5.41, 5.74) is 2.76. The Morgan fingerprint density at radius 1 is 1.33 bits per heavy atom. The first kappa shape index (κ1) is 16.3. The Balaban J connectivity index is 1.73. The molecule has 0 saturated carbocycles. The van der Waals surface area contributed by atoms with Crippen molar-refractivity contribution in [2.45, 2.75) is 39.5 Å². The molecule has 0 bridgehead atoms. The summed E-state index contributed by atoms with van der Waals surface area (Å²) in [6.45, 7) is 13.3. The molecular weight excluding hydrogens is 262 g/mol. The molecule has 1 fully saturated rings. The van der Waals surface area contributed by atoms with Gasteiger partial charge >= 0.3 is 0 Å². The summed E-state index contributed by atoms with van der Waals surface area (Å²) in [6.07, 6.45) is 1.18. The molecule has 1 saturated heterocycles. The SMILES string of the molecule is Cc1cc(C(C)(C)C)ccc1OCCNCC1CCOC1. The molecule has 21 heavy (non-hydrogen) atoms. The maximum atomic E-state index is 5.88. The van der Waals surface area contributed by atoms with Crippen molar-refractivity contribution in [2.75, 3.05) is 32.9 Å². The van der Waals surface area contributed by atoms with E-state index in [1.165, 1.54) is 17.5 Å². The van der Waals surface area contributed by atoms with Crippen LogP contribution in [0.25, 0.3) is 0 Å². The van der Waals surface area contributed by atoms with Crippen molar-refractivity contribution in [2.24, 2.45) is 5.92 Å². The van der Waals surface area contributed by atoms with Crippen LogP contribution in [0.3, 0.4) is 0 Å². The minimum Gasteiger partial charge on any atom is -0.492 e. The van der Waals surface area contributed by atoms with Crippen molar-refractivity contribution in [3.8, 4) is 5.75 Å². The van der Waals surface area contributed by atoms with Gasteiger partial charge in [0.15, 0.2) is 0 Å². The van der Waals surface area contributed by atoms with Crippen LogP contribution in [0.15, 0.2) is 18.2 Å². The highest BCUT2D eigenvalue weighted by molar-refractivity contribution is 5.38. The highest BCUT2D eigenvalue weighted by Crippen LogP contribution is 2.27. The van der Waals surface area contributed by atoms with Crippen molar-refractivity contribution < 1.29 is 9.47 Å². The second kappa shape index (κ2) is 7.28. The van der Waals surface area contributed by atoms with Crippen LogP contribution < -0.4 is 10.1 Å². The molecule has 1 atom stereocenters. The van der Waals surface area contributed by atoms with Gasteiger partial charge in [0.1, 0.15) is 12.4 Å². The van der Waals surface area contributed by atoms with E-state index >= 15 is 0 Å². The second-order valence-corrected chi connectivity index (χ2v) is 7.01.